The van der Waals surface area contributed by atoms with Crippen molar-refractivity contribution in [1.82, 2.24) is 9.55 Å². The van der Waals surface area contributed by atoms with Crippen LogP contribution < -0.4 is 21.9 Å². The lowest BCUT2D eigenvalue weighted by atomic mass is 9.97. The van der Waals surface area contributed by atoms with E-state index in [-0.39, 0.29) is 24.6 Å². The summed E-state index contributed by atoms with van der Waals surface area (Å²) in [6.07, 6.45) is 11.5. The normalized spacial score (nSPS) is 13.7. The van der Waals surface area contributed by atoms with Crippen LogP contribution in [0.15, 0.2) is 80.5 Å². The predicted molar refractivity (Wildman–Crippen MR) is 133 cm³/mol. The van der Waals surface area contributed by atoms with Crippen LogP contribution in [0.25, 0.3) is 6.08 Å². The number of anilines is 2. The van der Waals surface area contributed by atoms with Crippen LogP contribution in [0.3, 0.4) is 0 Å². The maximum atomic E-state index is 13.3. The summed E-state index contributed by atoms with van der Waals surface area (Å²) >= 11 is 0. The number of carbonyl (C=O) groups excluding carboxylic acids is 1. The van der Waals surface area contributed by atoms with Crippen LogP contribution >= 0.6 is 0 Å². The van der Waals surface area contributed by atoms with E-state index in [1.807, 2.05) is 30.3 Å². The Morgan fingerprint density at radius 2 is 1.97 bits per heavy atom. The summed E-state index contributed by atoms with van der Waals surface area (Å²) in [6, 6.07) is 12.8. The molecular weight excluding hydrogens is 432 g/mol. The molecule has 34 heavy (non-hydrogen) atoms. The summed E-state index contributed by atoms with van der Waals surface area (Å²) in [5, 5.41) is 0. The molecule has 2 heterocycles. The van der Waals surface area contributed by atoms with Gasteiger partial charge in [-0.15, -0.1) is 0 Å². The highest BCUT2D eigenvalue weighted by molar-refractivity contribution is 6.05. The number of rotatable bonds is 8. The summed E-state index contributed by atoms with van der Waals surface area (Å²) in [6.45, 7) is 0.439. The van der Waals surface area contributed by atoms with Gasteiger partial charge in [-0.25, -0.2) is 4.79 Å². The third-order valence-electron chi connectivity index (χ3n) is 5.91. The zero-order chi connectivity index (χ0) is 23.9. The van der Waals surface area contributed by atoms with Crippen molar-refractivity contribution in [2.45, 2.75) is 38.6 Å². The molecule has 2 aromatic heterocycles. The number of hydrogen-bond donors (Lipinski definition) is 2. The van der Waals surface area contributed by atoms with Crippen LogP contribution in [-0.4, -0.2) is 22.0 Å². The van der Waals surface area contributed by atoms with Gasteiger partial charge in [-0.2, -0.15) is 0 Å². The molecule has 1 amide bonds. The number of aromatic amines is 1. The first-order valence-corrected chi connectivity index (χ1v) is 11.4. The number of nitrogens with one attached hydrogen (secondary N) is 1. The Morgan fingerprint density at radius 1 is 1.15 bits per heavy atom. The molecule has 0 bridgehead atoms. The van der Waals surface area contributed by atoms with Gasteiger partial charge >= 0.3 is 5.69 Å². The van der Waals surface area contributed by atoms with Gasteiger partial charge in [0.2, 0.25) is 0 Å². The fourth-order valence-corrected chi connectivity index (χ4v) is 4.11. The molecule has 3 N–H and O–H groups in total. The summed E-state index contributed by atoms with van der Waals surface area (Å²) in [5.41, 5.74) is 7.12. The second-order valence-corrected chi connectivity index (χ2v) is 8.26. The van der Waals surface area contributed by atoms with Gasteiger partial charge < -0.3 is 15.1 Å². The van der Waals surface area contributed by atoms with Gasteiger partial charge in [-0.3, -0.25) is 19.1 Å². The molecular formula is C26H28N4O4. The fourth-order valence-electron chi connectivity index (χ4n) is 4.11. The first-order valence-electron chi connectivity index (χ1n) is 11.4. The van der Waals surface area contributed by atoms with Crippen molar-refractivity contribution in [2.24, 2.45) is 0 Å². The Labute approximate surface area is 197 Å². The van der Waals surface area contributed by atoms with Crippen molar-refractivity contribution in [3.63, 3.8) is 0 Å². The highest BCUT2D eigenvalue weighted by Crippen LogP contribution is 2.24. The Kier molecular flexibility index (Phi) is 7.27. The van der Waals surface area contributed by atoms with Crippen LogP contribution in [0, 0.1) is 0 Å². The molecule has 0 unspecified atom stereocenters. The lowest BCUT2D eigenvalue weighted by molar-refractivity contribution is -0.114. The van der Waals surface area contributed by atoms with Crippen molar-refractivity contribution >= 4 is 23.5 Å². The zero-order valence-electron chi connectivity index (χ0n) is 18.9. The van der Waals surface area contributed by atoms with E-state index in [0.717, 1.165) is 31.2 Å². The monoisotopic (exact) mass is 460 g/mol. The lowest BCUT2D eigenvalue weighted by Gasteiger charge is -2.24. The van der Waals surface area contributed by atoms with Crippen LogP contribution in [0.5, 0.6) is 0 Å². The Bertz CT molecular complexity index is 1300. The number of benzene rings is 1. The van der Waals surface area contributed by atoms with Gasteiger partial charge in [0.25, 0.3) is 11.5 Å². The van der Waals surface area contributed by atoms with Gasteiger partial charge in [0, 0.05) is 12.6 Å². The molecule has 0 atom stereocenters. The molecule has 1 aliphatic rings. The number of nitrogens with two attached hydrogens (primary N) is 1. The van der Waals surface area contributed by atoms with E-state index < -0.39 is 17.2 Å². The third kappa shape index (κ3) is 5.46. The lowest BCUT2D eigenvalue weighted by Crippen LogP contribution is -2.41. The highest BCUT2D eigenvalue weighted by Gasteiger charge is 2.23. The van der Waals surface area contributed by atoms with Crippen LogP contribution in [0.2, 0.25) is 0 Å². The van der Waals surface area contributed by atoms with Crippen LogP contribution in [-0.2, 0) is 11.3 Å². The van der Waals surface area contributed by atoms with E-state index in [1.54, 1.807) is 18.2 Å². The molecule has 3 aromatic rings. The number of aromatic nitrogens is 2. The summed E-state index contributed by atoms with van der Waals surface area (Å²) in [4.78, 5) is 42.4. The maximum absolute atomic E-state index is 13.3. The third-order valence-corrected chi connectivity index (χ3v) is 5.91. The molecule has 1 aliphatic carbocycles. The zero-order valence-corrected chi connectivity index (χ0v) is 18.9. The minimum atomic E-state index is -0.691. The second-order valence-electron chi connectivity index (χ2n) is 8.26. The standard InChI is InChI=1S/C26H28N4O4/c27-24-23(25(32)28-26(33)30(24)18-20-10-5-2-6-11-20)29(16-15-19-8-3-1-4-9-19)22(31)14-13-21-12-7-17-34-21/h2,5-8,10-14,17H,1,3-4,9,15-16,18,27H2,(H,28,32,33). The number of furan rings is 1. The first kappa shape index (κ1) is 23.1. The van der Waals surface area contributed by atoms with Crippen LogP contribution in [0.4, 0.5) is 11.5 Å². The Balaban J connectivity index is 1.70. The predicted octanol–water partition coefficient (Wildman–Crippen LogP) is 3.70. The van der Waals surface area contributed by atoms with Crippen molar-refractivity contribution < 1.29 is 9.21 Å². The second kappa shape index (κ2) is 10.7. The molecule has 0 fully saturated rings. The number of carbonyl (C=O) groups is 1. The molecule has 0 saturated heterocycles. The quantitative estimate of drug-likeness (QED) is 0.393. The average molecular weight is 461 g/mol. The van der Waals surface area contributed by atoms with E-state index in [9.17, 15) is 14.4 Å². The molecule has 0 aliphatic heterocycles. The van der Waals surface area contributed by atoms with Gasteiger partial charge in [0.05, 0.1) is 12.8 Å². The average Bonchev–Trinajstić information content (AvgIpc) is 3.37. The van der Waals surface area contributed by atoms with E-state index in [4.69, 9.17) is 10.2 Å². The molecule has 8 nitrogen and oxygen atoms in total. The minimum absolute atomic E-state index is 0.0268. The molecule has 0 spiro atoms. The first-order chi connectivity index (χ1) is 16.5. The molecule has 176 valence electrons. The number of hydrogen-bond acceptors (Lipinski definition) is 5. The van der Waals surface area contributed by atoms with Crippen molar-refractivity contribution in [2.75, 3.05) is 17.2 Å². The number of nitrogens with zero attached hydrogens (tertiary/aromatic N) is 2. The number of allylic oxidation sites excluding steroid dienone is 1. The van der Waals surface area contributed by atoms with E-state index in [0.29, 0.717) is 12.2 Å². The SMILES string of the molecule is Nc1c(N(CCC2=CCCCC2)C(=O)C=Cc2ccco2)c(=O)[nH]c(=O)n1Cc1ccccc1. The van der Waals surface area contributed by atoms with E-state index in [1.165, 1.54) is 27.4 Å². The van der Waals surface area contributed by atoms with Crippen molar-refractivity contribution in [3.8, 4) is 0 Å². The summed E-state index contributed by atoms with van der Waals surface area (Å²) < 4.78 is 6.55. The smallest absolute Gasteiger partial charge is 0.330 e. The molecule has 1 aromatic carbocycles. The summed E-state index contributed by atoms with van der Waals surface area (Å²) in [7, 11) is 0. The fraction of sp³-hybridized carbons (Fsp3) is 0.269. The van der Waals surface area contributed by atoms with Crippen molar-refractivity contribution in [1.29, 1.82) is 0 Å². The van der Waals surface area contributed by atoms with Gasteiger partial charge in [0.15, 0.2) is 5.69 Å². The highest BCUT2D eigenvalue weighted by atomic mass is 16.3. The number of amides is 1. The number of nitrogen functional groups attached to an aromatic ring is 1. The van der Waals surface area contributed by atoms with Gasteiger partial charge in [-0.05, 0) is 55.9 Å². The topological polar surface area (TPSA) is 114 Å². The Hall–Kier alpha value is -4.07. The largest absolute Gasteiger partial charge is 0.465 e. The van der Waals surface area contributed by atoms with E-state index >= 15 is 0 Å². The Morgan fingerprint density at radius 3 is 2.68 bits per heavy atom. The number of H-pyrrole nitrogens is 1. The molecule has 4 rings (SSSR count). The maximum Gasteiger partial charge on any atom is 0.330 e. The van der Waals surface area contributed by atoms with Crippen LogP contribution in [0.1, 0.15) is 43.4 Å². The van der Waals surface area contributed by atoms with E-state index in [2.05, 4.69) is 11.1 Å². The van der Waals surface area contributed by atoms with Crippen molar-refractivity contribution in [3.05, 3.63) is 98.6 Å². The van der Waals surface area contributed by atoms with Gasteiger partial charge in [0.1, 0.15) is 11.6 Å². The molecule has 0 radical (unpaired) electrons. The molecule has 8 heteroatoms. The minimum Gasteiger partial charge on any atom is -0.465 e. The summed E-state index contributed by atoms with van der Waals surface area (Å²) in [5.74, 6) is 0.0455. The molecule has 0 saturated carbocycles. The van der Waals surface area contributed by atoms with Gasteiger partial charge in [-0.1, -0.05) is 42.0 Å².